The van der Waals surface area contributed by atoms with Crippen molar-refractivity contribution in [3.63, 3.8) is 0 Å². The minimum atomic E-state index is -0.618. The Labute approximate surface area is 117 Å². The summed E-state index contributed by atoms with van der Waals surface area (Å²) in [5.41, 5.74) is 0.919. The molecule has 0 radical (unpaired) electrons. The molecule has 0 amide bonds. The van der Waals surface area contributed by atoms with Crippen molar-refractivity contribution < 1.29 is 9.84 Å². The first-order chi connectivity index (χ1) is 9.69. The maximum Gasteiger partial charge on any atom is 0.267 e. The van der Waals surface area contributed by atoms with Gasteiger partial charge in [0.25, 0.3) is 5.56 Å². The summed E-state index contributed by atoms with van der Waals surface area (Å²) in [6.07, 6.45) is 0.725. The summed E-state index contributed by atoms with van der Waals surface area (Å²) in [6.45, 7) is 0.170. The molecule has 1 N–H and O–H groups in total. The molecule has 0 bridgehead atoms. The first-order valence-electron chi connectivity index (χ1n) is 6.53. The number of aromatic nitrogens is 2. The van der Waals surface area contributed by atoms with Crippen molar-refractivity contribution >= 4 is 0 Å². The molecule has 2 aromatic rings. The predicted molar refractivity (Wildman–Crippen MR) is 75.8 cm³/mol. The second kappa shape index (κ2) is 6.86. The van der Waals surface area contributed by atoms with Crippen LogP contribution in [0.25, 0.3) is 0 Å². The highest BCUT2D eigenvalue weighted by Crippen LogP contribution is 2.06. The maximum atomic E-state index is 11.6. The van der Waals surface area contributed by atoms with Gasteiger partial charge in [0.05, 0.1) is 19.8 Å². The average Bonchev–Trinajstić information content (AvgIpc) is 2.48. The lowest BCUT2D eigenvalue weighted by Crippen LogP contribution is -2.28. The molecule has 1 aromatic carbocycles. The van der Waals surface area contributed by atoms with E-state index in [4.69, 9.17) is 4.74 Å². The van der Waals surface area contributed by atoms with Gasteiger partial charge in [-0.05, 0) is 18.4 Å². The van der Waals surface area contributed by atoms with Crippen LogP contribution < -0.4 is 10.3 Å². The number of rotatable bonds is 6. The summed E-state index contributed by atoms with van der Waals surface area (Å²) in [4.78, 5) is 11.6. The lowest BCUT2D eigenvalue weighted by atomic mass is 10.1. The molecule has 0 aliphatic carbocycles. The van der Waals surface area contributed by atoms with Gasteiger partial charge in [0.15, 0.2) is 0 Å². The van der Waals surface area contributed by atoms with E-state index in [1.165, 1.54) is 23.9 Å². The molecule has 0 spiro atoms. The minimum Gasteiger partial charge on any atom is -0.480 e. The van der Waals surface area contributed by atoms with Gasteiger partial charge >= 0.3 is 0 Å². The highest BCUT2D eigenvalue weighted by Gasteiger charge is 2.09. The van der Waals surface area contributed by atoms with E-state index < -0.39 is 6.10 Å². The molecule has 0 unspecified atom stereocenters. The summed E-state index contributed by atoms with van der Waals surface area (Å²) < 4.78 is 6.20. The van der Waals surface area contributed by atoms with Gasteiger partial charge in [-0.3, -0.25) is 4.79 Å². The van der Waals surface area contributed by atoms with Crippen LogP contribution >= 0.6 is 0 Å². The van der Waals surface area contributed by atoms with Crippen LogP contribution in [0.1, 0.15) is 12.0 Å². The van der Waals surface area contributed by atoms with E-state index >= 15 is 0 Å². The van der Waals surface area contributed by atoms with Crippen molar-refractivity contribution in [3.8, 4) is 5.88 Å². The highest BCUT2D eigenvalue weighted by molar-refractivity contribution is 5.14. The van der Waals surface area contributed by atoms with Crippen LogP contribution in [-0.4, -0.2) is 28.1 Å². The topological polar surface area (TPSA) is 64.3 Å². The molecule has 0 aliphatic heterocycles. The second-order valence-electron chi connectivity index (χ2n) is 4.57. The number of aryl methyl sites for hydroxylation is 1. The average molecular weight is 274 g/mol. The van der Waals surface area contributed by atoms with Gasteiger partial charge in [-0.2, -0.15) is 0 Å². The van der Waals surface area contributed by atoms with Gasteiger partial charge in [-0.15, -0.1) is 5.10 Å². The van der Waals surface area contributed by atoms with E-state index in [1.54, 1.807) is 0 Å². The molecule has 5 heteroatoms. The predicted octanol–water partition coefficient (Wildman–Crippen LogP) is 1.25. The Morgan fingerprint density at radius 1 is 1.25 bits per heavy atom. The number of benzene rings is 1. The summed E-state index contributed by atoms with van der Waals surface area (Å²) in [7, 11) is 1.49. The van der Waals surface area contributed by atoms with Gasteiger partial charge < -0.3 is 9.84 Å². The molecule has 5 nitrogen and oxygen atoms in total. The Morgan fingerprint density at radius 3 is 2.70 bits per heavy atom. The fraction of sp³-hybridized carbons (Fsp3) is 0.333. The molecular formula is C15H18N2O3. The SMILES string of the molecule is COc1ccc(=O)n(C[C@@H](O)CCc2ccccc2)n1. The molecule has 1 atom stereocenters. The van der Waals surface area contributed by atoms with E-state index in [0.29, 0.717) is 12.3 Å². The molecule has 1 aromatic heterocycles. The van der Waals surface area contributed by atoms with Crippen LogP contribution in [0.4, 0.5) is 0 Å². The number of aliphatic hydroxyl groups is 1. The van der Waals surface area contributed by atoms with Crippen molar-refractivity contribution in [3.05, 3.63) is 58.4 Å². The van der Waals surface area contributed by atoms with E-state index in [1.807, 2.05) is 30.3 Å². The molecule has 0 saturated heterocycles. The molecule has 0 fully saturated rings. The molecule has 0 aliphatic rings. The van der Waals surface area contributed by atoms with E-state index in [0.717, 1.165) is 12.0 Å². The third-order valence-electron chi connectivity index (χ3n) is 3.04. The van der Waals surface area contributed by atoms with Crippen molar-refractivity contribution in [2.45, 2.75) is 25.5 Å². The van der Waals surface area contributed by atoms with Crippen molar-refractivity contribution in [2.24, 2.45) is 0 Å². The van der Waals surface area contributed by atoms with Crippen LogP contribution in [0, 0.1) is 0 Å². The van der Waals surface area contributed by atoms with Gasteiger partial charge in [-0.25, -0.2) is 4.68 Å². The van der Waals surface area contributed by atoms with Gasteiger partial charge in [0.2, 0.25) is 5.88 Å². The van der Waals surface area contributed by atoms with Crippen molar-refractivity contribution in [1.29, 1.82) is 0 Å². The standard InChI is InChI=1S/C15H18N2O3/c1-20-14-9-10-15(19)17(16-14)11-13(18)8-7-12-5-3-2-4-6-12/h2-6,9-10,13,18H,7-8,11H2,1H3/t13-/m0/s1. The molecular weight excluding hydrogens is 256 g/mol. The third-order valence-corrected chi connectivity index (χ3v) is 3.04. The zero-order valence-corrected chi connectivity index (χ0v) is 11.4. The number of hydrogen-bond acceptors (Lipinski definition) is 4. The fourth-order valence-corrected chi connectivity index (χ4v) is 1.94. The fourth-order valence-electron chi connectivity index (χ4n) is 1.94. The Morgan fingerprint density at radius 2 is 2.00 bits per heavy atom. The lowest BCUT2D eigenvalue weighted by molar-refractivity contribution is 0.137. The van der Waals surface area contributed by atoms with Gasteiger partial charge in [0.1, 0.15) is 0 Å². The quantitative estimate of drug-likeness (QED) is 0.861. The number of nitrogens with zero attached hydrogens (tertiary/aromatic N) is 2. The Kier molecular flexibility index (Phi) is 4.90. The lowest BCUT2D eigenvalue weighted by Gasteiger charge is -2.12. The van der Waals surface area contributed by atoms with Gasteiger partial charge in [0, 0.05) is 12.1 Å². The second-order valence-corrected chi connectivity index (χ2v) is 4.57. The van der Waals surface area contributed by atoms with Crippen LogP contribution in [0.15, 0.2) is 47.3 Å². The van der Waals surface area contributed by atoms with Crippen molar-refractivity contribution in [1.82, 2.24) is 9.78 Å². The zero-order chi connectivity index (χ0) is 14.4. The zero-order valence-electron chi connectivity index (χ0n) is 11.4. The summed E-state index contributed by atoms with van der Waals surface area (Å²) >= 11 is 0. The third kappa shape index (κ3) is 3.93. The monoisotopic (exact) mass is 274 g/mol. The number of ether oxygens (including phenoxy) is 1. The number of hydrogen-bond donors (Lipinski definition) is 1. The summed E-state index contributed by atoms with van der Waals surface area (Å²) in [5.74, 6) is 0.361. The molecule has 2 rings (SSSR count). The van der Waals surface area contributed by atoms with E-state index in [-0.39, 0.29) is 12.1 Å². The summed E-state index contributed by atoms with van der Waals surface area (Å²) in [6, 6.07) is 12.8. The van der Waals surface area contributed by atoms with Crippen LogP contribution in [-0.2, 0) is 13.0 Å². The number of methoxy groups -OCH3 is 1. The smallest absolute Gasteiger partial charge is 0.267 e. The normalized spacial score (nSPS) is 12.1. The first-order valence-corrected chi connectivity index (χ1v) is 6.53. The van der Waals surface area contributed by atoms with E-state index in [9.17, 15) is 9.90 Å². The van der Waals surface area contributed by atoms with Crippen LogP contribution in [0.3, 0.4) is 0 Å². The largest absolute Gasteiger partial charge is 0.480 e. The van der Waals surface area contributed by atoms with Crippen molar-refractivity contribution in [2.75, 3.05) is 7.11 Å². The molecule has 1 heterocycles. The minimum absolute atomic E-state index is 0.170. The number of aliphatic hydroxyl groups excluding tert-OH is 1. The molecule has 0 saturated carbocycles. The van der Waals surface area contributed by atoms with Gasteiger partial charge in [-0.1, -0.05) is 30.3 Å². The Hall–Kier alpha value is -2.14. The first kappa shape index (κ1) is 14.3. The maximum absolute atomic E-state index is 11.6. The van der Waals surface area contributed by atoms with E-state index in [2.05, 4.69) is 5.10 Å². The Balaban J connectivity index is 1.94. The van der Waals surface area contributed by atoms with Crippen LogP contribution in [0.2, 0.25) is 0 Å². The molecule has 106 valence electrons. The van der Waals surface area contributed by atoms with Crippen LogP contribution in [0.5, 0.6) is 5.88 Å². The highest BCUT2D eigenvalue weighted by atomic mass is 16.5. The Bertz CT molecular complexity index is 596. The molecule has 20 heavy (non-hydrogen) atoms. The summed E-state index contributed by atoms with van der Waals surface area (Å²) in [5, 5.41) is 14.0.